The molecule has 500 valence electrons. The second-order valence-corrected chi connectivity index (χ2v) is 32.7. The van der Waals surface area contributed by atoms with Crippen molar-refractivity contribution in [1.82, 2.24) is 9.97 Å². The molecule has 0 saturated heterocycles. The van der Waals surface area contributed by atoms with Crippen molar-refractivity contribution in [2.24, 2.45) is 0 Å². The molecule has 0 aliphatic heterocycles. The lowest BCUT2D eigenvalue weighted by Crippen LogP contribution is -1.98. The number of aromatic nitrogens is 2. The zero-order valence-corrected chi connectivity index (χ0v) is 62.2. The third kappa shape index (κ3) is 25.7. The van der Waals surface area contributed by atoms with Crippen LogP contribution in [0.2, 0.25) is 0 Å². The molecule has 0 N–H and O–H groups in total. The Morgan fingerprint density at radius 3 is 0.989 bits per heavy atom. The largest absolute Gasteiger partial charge is 0.252 e. The van der Waals surface area contributed by atoms with Crippen LogP contribution in [0.4, 0.5) is 0 Å². The monoisotopic (exact) mass is 1290 g/mol. The van der Waals surface area contributed by atoms with Crippen molar-refractivity contribution in [1.29, 1.82) is 0 Å². The van der Waals surface area contributed by atoms with E-state index in [1.807, 2.05) is 35.1 Å². The highest BCUT2D eigenvalue weighted by Gasteiger charge is 2.24. The molecule has 0 bridgehead atoms. The van der Waals surface area contributed by atoms with Gasteiger partial charge in [0.1, 0.15) is 0 Å². The summed E-state index contributed by atoms with van der Waals surface area (Å²) in [5.41, 5.74) is 11.0. The van der Waals surface area contributed by atoms with Gasteiger partial charge in [0.05, 0.1) is 20.4 Å². The minimum atomic E-state index is 1.05. The zero-order valence-electron chi connectivity index (χ0n) is 58.9. The van der Waals surface area contributed by atoms with E-state index in [0.717, 1.165) is 17.5 Å². The van der Waals surface area contributed by atoms with Crippen LogP contribution in [0.5, 0.6) is 0 Å². The molecule has 0 unspecified atom stereocenters. The standard InChI is InChI=1S/C84H130N2S4/c1-7-11-15-19-23-25-27-29-31-33-35-37-39-41-43-45-47-51-55-69-64-77(88-68(69)6)73-59-60-74(81-80(73)85-61-62-86-81)78-65-70(56-52-48-46-44-42-40-38-36-34-32-30-28-26-24-20-16-12-8-2)82(89-78)79-66-76-72(58-54-50-22-18-14-10-4)71(57-53-49-21-17-13-9-3)75-63-67(5)87-83(75)84(76)90-79/h59-66H,7-58H2,1-6H3. The topological polar surface area (TPSA) is 25.8 Å². The van der Waals surface area contributed by atoms with E-state index in [9.17, 15) is 0 Å². The summed E-state index contributed by atoms with van der Waals surface area (Å²) in [7, 11) is 0. The average molecular weight is 1300 g/mol. The van der Waals surface area contributed by atoms with Crippen molar-refractivity contribution in [3.8, 4) is 30.6 Å². The Labute approximate surface area is 569 Å². The zero-order chi connectivity index (χ0) is 63.1. The molecule has 7 aromatic rings. The Hall–Kier alpha value is -2.90. The summed E-state index contributed by atoms with van der Waals surface area (Å²) in [5.74, 6) is 0. The third-order valence-electron chi connectivity index (χ3n) is 20.2. The number of thiophene rings is 4. The van der Waals surface area contributed by atoms with Crippen LogP contribution in [0.25, 0.3) is 61.8 Å². The van der Waals surface area contributed by atoms with Gasteiger partial charge in [-0.25, -0.2) is 0 Å². The number of fused-ring (bicyclic) bond motifs is 4. The van der Waals surface area contributed by atoms with Crippen LogP contribution in [-0.2, 0) is 25.7 Å². The molecule has 90 heavy (non-hydrogen) atoms. The molecular weight excluding hydrogens is 1170 g/mol. The predicted octanol–water partition coefficient (Wildman–Crippen LogP) is 30.8. The summed E-state index contributed by atoms with van der Waals surface area (Å²) in [6.45, 7) is 14.0. The fourth-order valence-corrected chi connectivity index (χ4v) is 19.5. The molecule has 5 heterocycles. The van der Waals surface area contributed by atoms with Crippen molar-refractivity contribution in [2.75, 3.05) is 0 Å². The summed E-state index contributed by atoms with van der Waals surface area (Å²) < 4.78 is 3.10. The summed E-state index contributed by atoms with van der Waals surface area (Å²) in [6.07, 6.45) is 75.7. The van der Waals surface area contributed by atoms with E-state index in [1.54, 1.807) is 36.9 Å². The minimum Gasteiger partial charge on any atom is -0.252 e. The molecule has 0 aliphatic carbocycles. The van der Waals surface area contributed by atoms with Crippen molar-refractivity contribution < 1.29 is 0 Å². The van der Waals surface area contributed by atoms with Gasteiger partial charge in [-0.2, -0.15) is 0 Å². The van der Waals surface area contributed by atoms with Gasteiger partial charge in [-0.15, -0.1) is 45.3 Å². The van der Waals surface area contributed by atoms with Crippen LogP contribution in [0.1, 0.15) is 368 Å². The predicted molar refractivity (Wildman–Crippen MR) is 411 cm³/mol. The molecule has 2 nitrogen and oxygen atoms in total. The van der Waals surface area contributed by atoms with E-state index >= 15 is 0 Å². The number of benzene rings is 2. The fourth-order valence-electron chi connectivity index (χ4n) is 14.6. The molecule has 0 aliphatic rings. The van der Waals surface area contributed by atoms with E-state index in [1.165, 1.54) is 373 Å². The molecule has 0 fully saturated rings. The molecule has 6 heteroatoms. The van der Waals surface area contributed by atoms with Crippen LogP contribution in [0, 0.1) is 13.8 Å². The van der Waals surface area contributed by atoms with E-state index in [2.05, 4.69) is 101 Å². The first-order valence-electron chi connectivity index (χ1n) is 38.9. The van der Waals surface area contributed by atoms with Crippen LogP contribution in [0.15, 0.2) is 48.8 Å². The number of unbranched alkanes of at least 4 members (excludes halogenated alkanes) is 44. The van der Waals surface area contributed by atoms with Gasteiger partial charge in [0.15, 0.2) is 0 Å². The summed E-state index contributed by atoms with van der Waals surface area (Å²) in [4.78, 5) is 19.0. The van der Waals surface area contributed by atoms with Crippen molar-refractivity contribution in [3.63, 3.8) is 0 Å². The minimum absolute atomic E-state index is 1.05. The molecule has 7 rings (SSSR count). The van der Waals surface area contributed by atoms with Gasteiger partial charge >= 0.3 is 0 Å². The Bertz CT molecular complexity index is 2980. The Balaban J connectivity index is 1.02. The van der Waals surface area contributed by atoms with Gasteiger partial charge in [-0.05, 0) is 123 Å². The molecule has 5 aromatic heterocycles. The quantitative estimate of drug-likeness (QED) is 0.0355. The van der Waals surface area contributed by atoms with Crippen molar-refractivity contribution in [3.05, 3.63) is 80.8 Å². The molecule has 0 saturated carbocycles. The first-order chi connectivity index (χ1) is 44.4. The van der Waals surface area contributed by atoms with E-state index in [-0.39, 0.29) is 0 Å². The van der Waals surface area contributed by atoms with Crippen LogP contribution in [0.3, 0.4) is 0 Å². The summed E-state index contributed by atoms with van der Waals surface area (Å²) >= 11 is 8.17. The maximum absolute atomic E-state index is 5.21. The fraction of sp³-hybridized carbons (Fsp3) is 0.690. The average Bonchev–Trinajstić information content (AvgIpc) is 1.57. The lowest BCUT2D eigenvalue weighted by atomic mass is 9.91. The highest BCUT2D eigenvalue weighted by molar-refractivity contribution is 7.31. The van der Waals surface area contributed by atoms with Crippen LogP contribution in [-0.4, -0.2) is 9.97 Å². The summed E-state index contributed by atoms with van der Waals surface area (Å²) in [5, 5.41) is 3.14. The number of rotatable bonds is 55. The maximum Gasteiger partial charge on any atom is 0.0979 e. The smallest absolute Gasteiger partial charge is 0.0979 e. The number of hydrogen-bond donors (Lipinski definition) is 0. The van der Waals surface area contributed by atoms with Gasteiger partial charge in [0.2, 0.25) is 0 Å². The first kappa shape index (κ1) is 74.5. The van der Waals surface area contributed by atoms with Gasteiger partial charge in [-0.1, -0.05) is 322 Å². The van der Waals surface area contributed by atoms with Gasteiger partial charge < -0.3 is 0 Å². The Kier molecular flexibility index (Phi) is 37.6. The lowest BCUT2D eigenvalue weighted by Gasteiger charge is -2.14. The summed E-state index contributed by atoms with van der Waals surface area (Å²) in [6, 6.07) is 15.2. The van der Waals surface area contributed by atoms with Crippen molar-refractivity contribution in [2.45, 2.75) is 375 Å². The van der Waals surface area contributed by atoms with E-state index < -0.39 is 0 Å². The maximum atomic E-state index is 5.21. The second-order valence-electron chi connectivity index (χ2n) is 28.0. The molecule has 0 amide bonds. The molecule has 0 spiro atoms. The molecule has 0 radical (unpaired) electrons. The lowest BCUT2D eigenvalue weighted by molar-refractivity contribution is 0.525. The Morgan fingerprint density at radius 1 is 0.289 bits per heavy atom. The SMILES string of the molecule is CCCCCCCCCCCCCCCCCCCCc1cc(-c2ccc(-c3cc(CCCCCCCCCCCCCCCCCCCC)c(-c4cc5c(CCCCCCCC)c(CCCCCCCC)c6cc(C)sc6c5s4)s3)c3nccnc23)sc1C. The molecular formula is C84H130N2S4. The molecule has 0 atom stereocenters. The van der Waals surface area contributed by atoms with Gasteiger partial charge in [0.25, 0.3) is 0 Å². The normalized spacial score (nSPS) is 12.0. The van der Waals surface area contributed by atoms with Gasteiger partial charge in [-0.3, -0.25) is 9.97 Å². The highest BCUT2D eigenvalue weighted by atomic mass is 32.1. The van der Waals surface area contributed by atoms with Crippen LogP contribution >= 0.6 is 45.3 Å². The van der Waals surface area contributed by atoms with E-state index in [4.69, 9.17) is 9.97 Å². The number of hydrogen-bond acceptors (Lipinski definition) is 6. The third-order valence-corrected chi connectivity index (χ3v) is 25.0. The van der Waals surface area contributed by atoms with Crippen LogP contribution < -0.4 is 0 Å². The highest BCUT2D eigenvalue weighted by Crippen LogP contribution is 2.50. The number of aryl methyl sites for hydroxylation is 6. The number of nitrogens with zero attached hydrogens (tertiary/aromatic N) is 2. The Morgan fingerprint density at radius 2 is 0.600 bits per heavy atom. The molecule has 2 aromatic carbocycles. The van der Waals surface area contributed by atoms with Gasteiger partial charge in [0, 0.05) is 52.8 Å². The van der Waals surface area contributed by atoms with Crippen molar-refractivity contribution >= 4 is 76.6 Å². The second kappa shape index (κ2) is 45.5. The first-order valence-corrected chi connectivity index (χ1v) is 42.2. The van der Waals surface area contributed by atoms with E-state index in [0.29, 0.717) is 0 Å².